The van der Waals surface area contributed by atoms with Crippen LogP contribution in [0.25, 0.3) is 10.1 Å². The Labute approximate surface area is 134 Å². The van der Waals surface area contributed by atoms with Crippen molar-refractivity contribution in [3.05, 3.63) is 23.3 Å². The van der Waals surface area contributed by atoms with Crippen molar-refractivity contribution in [2.75, 3.05) is 13.2 Å². The van der Waals surface area contributed by atoms with E-state index < -0.39 is 11.7 Å². The zero-order chi connectivity index (χ0) is 16.3. The van der Waals surface area contributed by atoms with Crippen LogP contribution in [0.4, 0.5) is 4.79 Å². The molecule has 22 heavy (non-hydrogen) atoms. The summed E-state index contributed by atoms with van der Waals surface area (Å²) in [4.78, 5) is 11.5. The monoisotopic (exact) mass is 322 g/mol. The molecule has 0 bridgehead atoms. The fourth-order valence-electron chi connectivity index (χ4n) is 2.01. The second-order valence-corrected chi connectivity index (χ2v) is 6.94. The topological polar surface area (TPSA) is 60.5 Å². The number of carbonyl (C=O) groups excluding carboxylic acids is 1. The van der Waals surface area contributed by atoms with E-state index in [1.807, 2.05) is 27.7 Å². The number of carbonyl (C=O) groups is 1. The van der Waals surface area contributed by atoms with Gasteiger partial charge in [-0.3, -0.25) is 0 Å². The van der Waals surface area contributed by atoms with E-state index in [4.69, 9.17) is 9.47 Å². The second-order valence-electron chi connectivity index (χ2n) is 6.17. The number of aromatic nitrogens is 1. The Morgan fingerprint density at radius 3 is 2.64 bits per heavy atom. The minimum Gasteiger partial charge on any atom is -0.475 e. The van der Waals surface area contributed by atoms with Crippen LogP contribution in [-0.2, 0) is 4.74 Å². The third kappa shape index (κ3) is 4.10. The van der Waals surface area contributed by atoms with Crippen LogP contribution < -0.4 is 10.1 Å². The molecule has 120 valence electrons. The quantitative estimate of drug-likeness (QED) is 0.869. The molecular weight excluding hydrogens is 300 g/mol. The minimum absolute atomic E-state index is 0.353. The molecule has 1 N–H and O–H groups in total. The van der Waals surface area contributed by atoms with Crippen LogP contribution in [0.1, 0.15) is 31.9 Å². The molecular formula is C16H22N2O3S. The zero-order valence-corrected chi connectivity index (χ0v) is 14.5. The maximum Gasteiger partial charge on any atom is 0.407 e. The number of nitrogens with zero attached hydrogens (tertiary/aromatic N) is 1. The Morgan fingerprint density at radius 2 is 1.95 bits per heavy atom. The Kier molecular flexibility index (Phi) is 4.90. The number of hydrogen-bond acceptors (Lipinski definition) is 5. The number of benzene rings is 1. The molecule has 0 aliphatic heterocycles. The van der Waals surface area contributed by atoms with Gasteiger partial charge in [0, 0.05) is 0 Å². The average molecular weight is 322 g/mol. The summed E-state index contributed by atoms with van der Waals surface area (Å²) in [5.41, 5.74) is 1.84. The van der Waals surface area contributed by atoms with Gasteiger partial charge in [0.1, 0.15) is 12.2 Å². The number of fused-ring (bicyclic) bond motifs is 1. The van der Waals surface area contributed by atoms with Crippen LogP contribution in [-0.4, -0.2) is 29.2 Å². The van der Waals surface area contributed by atoms with Gasteiger partial charge in [0.2, 0.25) is 5.88 Å². The van der Waals surface area contributed by atoms with Crippen molar-refractivity contribution in [1.29, 1.82) is 0 Å². The first kappa shape index (κ1) is 16.5. The standard InChI is InChI=1S/C16H22N2O3S/c1-10-6-7-11(2)13-12(10)14(18-22-13)20-9-8-17-15(19)21-16(3,4)5/h6-7H,8-9H2,1-5H3,(H,17,19). The van der Waals surface area contributed by atoms with Crippen molar-refractivity contribution >= 4 is 27.7 Å². The van der Waals surface area contributed by atoms with Gasteiger partial charge < -0.3 is 14.8 Å². The predicted molar refractivity (Wildman–Crippen MR) is 88.8 cm³/mol. The molecule has 0 radical (unpaired) electrons. The van der Waals surface area contributed by atoms with Crippen molar-refractivity contribution in [2.24, 2.45) is 0 Å². The Bertz CT molecular complexity index is 674. The Balaban J connectivity index is 1.91. The fourth-order valence-corrected chi connectivity index (χ4v) is 2.88. The van der Waals surface area contributed by atoms with Crippen molar-refractivity contribution < 1.29 is 14.3 Å². The maximum atomic E-state index is 11.5. The maximum absolute atomic E-state index is 11.5. The number of rotatable bonds is 4. The number of amides is 1. The number of alkyl carbamates (subject to hydrolysis) is 1. The van der Waals surface area contributed by atoms with Crippen LogP contribution >= 0.6 is 11.5 Å². The molecule has 1 aromatic carbocycles. The summed E-state index contributed by atoms with van der Waals surface area (Å²) in [6.07, 6.45) is -0.439. The molecule has 0 aliphatic carbocycles. The molecule has 1 heterocycles. The van der Waals surface area contributed by atoms with Gasteiger partial charge in [0.15, 0.2) is 0 Å². The molecule has 0 saturated carbocycles. The third-order valence-corrected chi connectivity index (χ3v) is 3.97. The van der Waals surface area contributed by atoms with Gasteiger partial charge >= 0.3 is 6.09 Å². The summed E-state index contributed by atoms with van der Waals surface area (Å²) < 4.78 is 16.4. The fraction of sp³-hybridized carbons (Fsp3) is 0.500. The van der Waals surface area contributed by atoms with Crippen LogP contribution in [0.3, 0.4) is 0 Å². The van der Waals surface area contributed by atoms with Gasteiger partial charge in [0.05, 0.1) is 16.6 Å². The third-order valence-electron chi connectivity index (χ3n) is 3.01. The van der Waals surface area contributed by atoms with Gasteiger partial charge in [0.25, 0.3) is 0 Å². The van der Waals surface area contributed by atoms with Crippen LogP contribution in [0.15, 0.2) is 12.1 Å². The normalized spacial score (nSPS) is 11.5. The average Bonchev–Trinajstić information content (AvgIpc) is 2.82. The van der Waals surface area contributed by atoms with Crippen LogP contribution in [0.2, 0.25) is 0 Å². The van der Waals surface area contributed by atoms with E-state index in [0.717, 1.165) is 15.6 Å². The van der Waals surface area contributed by atoms with Gasteiger partial charge in [-0.05, 0) is 57.3 Å². The Hall–Kier alpha value is -1.82. The summed E-state index contributed by atoms with van der Waals surface area (Å²) in [5.74, 6) is 0.632. The highest BCUT2D eigenvalue weighted by atomic mass is 32.1. The summed E-state index contributed by atoms with van der Waals surface area (Å²) in [5, 5.41) is 3.72. The molecule has 1 amide bonds. The summed E-state index contributed by atoms with van der Waals surface area (Å²) in [6.45, 7) is 10.3. The van der Waals surface area contributed by atoms with Crippen LogP contribution in [0.5, 0.6) is 5.88 Å². The summed E-state index contributed by atoms with van der Waals surface area (Å²) in [6, 6.07) is 4.15. The predicted octanol–water partition coefficient (Wildman–Crippen LogP) is 3.82. The van der Waals surface area contributed by atoms with Gasteiger partial charge in [-0.1, -0.05) is 12.1 Å². The van der Waals surface area contributed by atoms with E-state index >= 15 is 0 Å². The van der Waals surface area contributed by atoms with E-state index in [-0.39, 0.29) is 0 Å². The second kappa shape index (κ2) is 6.52. The summed E-state index contributed by atoms with van der Waals surface area (Å²) in [7, 11) is 0. The largest absolute Gasteiger partial charge is 0.475 e. The SMILES string of the molecule is Cc1ccc(C)c2c(OCCNC(=O)OC(C)(C)C)nsc12. The lowest BCUT2D eigenvalue weighted by atomic mass is 10.1. The molecule has 0 spiro atoms. The van der Waals surface area contributed by atoms with E-state index in [2.05, 4.69) is 28.7 Å². The van der Waals surface area contributed by atoms with E-state index in [1.54, 1.807) is 0 Å². The summed E-state index contributed by atoms with van der Waals surface area (Å²) >= 11 is 1.44. The van der Waals surface area contributed by atoms with E-state index in [1.165, 1.54) is 17.1 Å². The lowest BCUT2D eigenvalue weighted by molar-refractivity contribution is 0.0520. The number of nitrogens with one attached hydrogen (secondary N) is 1. The minimum atomic E-state index is -0.495. The molecule has 0 saturated heterocycles. The molecule has 0 aliphatic rings. The van der Waals surface area contributed by atoms with Crippen molar-refractivity contribution in [3.63, 3.8) is 0 Å². The number of hydrogen-bond donors (Lipinski definition) is 1. The van der Waals surface area contributed by atoms with Crippen LogP contribution in [0, 0.1) is 13.8 Å². The van der Waals surface area contributed by atoms with Crippen molar-refractivity contribution in [1.82, 2.24) is 9.69 Å². The first-order valence-corrected chi connectivity index (χ1v) is 8.00. The highest BCUT2D eigenvalue weighted by Gasteiger charge is 2.16. The molecule has 2 rings (SSSR count). The smallest absolute Gasteiger partial charge is 0.407 e. The zero-order valence-electron chi connectivity index (χ0n) is 13.6. The Morgan fingerprint density at radius 1 is 1.27 bits per heavy atom. The lowest BCUT2D eigenvalue weighted by Crippen LogP contribution is -2.34. The molecule has 0 atom stereocenters. The van der Waals surface area contributed by atoms with E-state index in [0.29, 0.717) is 19.0 Å². The highest BCUT2D eigenvalue weighted by molar-refractivity contribution is 7.13. The first-order chi connectivity index (χ1) is 10.3. The van der Waals surface area contributed by atoms with E-state index in [9.17, 15) is 4.79 Å². The molecule has 5 nitrogen and oxygen atoms in total. The molecule has 1 aromatic heterocycles. The molecule has 0 fully saturated rings. The molecule has 2 aromatic rings. The lowest BCUT2D eigenvalue weighted by Gasteiger charge is -2.19. The number of aryl methyl sites for hydroxylation is 2. The van der Waals surface area contributed by atoms with Crippen molar-refractivity contribution in [3.8, 4) is 5.88 Å². The molecule has 0 unspecified atom stereocenters. The number of ether oxygens (including phenoxy) is 2. The highest BCUT2D eigenvalue weighted by Crippen LogP contribution is 2.33. The van der Waals surface area contributed by atoms with Crippen molar-refractivity contribution in [2.45, 2.75) is 40.2 Å². The first-order valence-electron chi connectivity index (χ1n) is 7.23. The van der Waals surface area contributed by atoms with Gasteiger partial charge in [-0.15, -0.1) is 0 Å². The molecule has 6 heteroatoms. The van der Waals surface area contributed by atoms with Gasteiger partial charge in [-0.2, -0.15) is 4.37 Å². The van der Waals surface area contributed by atoms with Gasteiger partial charge in [-0.25, -0.2) is 4.79 Å².